The second-order valence-corrected chi connectivity index (χ2v) is 6.12. The van der Waals surface area contributed by atoms with Crippen molar-refractivity contribution in [2.45, 2.75) is 52.1 Å². The monoisotopic (exact) mass is 313 g/mol. The van der Waals surface area contributed by atoms with Gasteiger partial charge in [0, 0.05) is 0 Å². The predicted molar refractivity (Wildman–Crippen MR) is 89.9 cm³/mol. The Kier molecular flexibility index (Phi) is 4.65. The SMILES string of the molecule is Cc1ccc(Oc2ncnc(OC3CCCCC3)c2N)cc1C. The van der Waals surface area contributed by atoms with Crippen molar-refractivity contribution in [3.05, 3.63) is 35.7 Å². The summed E-state index contributed by atoms with van der Waals surface area (Å²) >= 11 is 0. The molecule has 1 aliphatic rings. The van der Waals surface area contributed by atoms with Crippen molar-refractivity contribution in [1.82, 2.24) is 9.97 Å². The Morgan fingerprint density at radius 3 is 2.48 bits per heavy atom. The molecule has 0 atom stereocenters. The molecule has 0 amide bonds. The van der Waals surface area contributed by atoms with Crippen molar-refractivity contribution in [3.8, 4) is 17.5 Å². The van der Waals surface area contributed by atoms with Crippen molar-refractivity contribution in [2.24, 2.45) is 0 Å². The third-order valence-corrected chi connectivity index (χ3v) is 4.33. The van der Waals surface area contributed by atoms with E-state index in [1.807, 2.05) is 25.1 Å². The number of hydrogen-bond acceptors (Lipinski definition) is 5. The van der Waals surface area contributed by atoms with Crippen LogP contribution in [0.5, 0.6) is 17.5 Å². The van der Waals surface area contributed by atoms with Gasteiger partial charge in [-0.05, 0) is 62.8 Å². The number of nitrogen functional groups attached to an aromatic ring is 1. The summed E-state index contributed by atoms with van der Waals surface area (Å²) in [6.45, 7) is 4.11. The molecular formula is C18H23N3O2. The zero-order chi connectivity index (χ0) is 16.2. The summed E-state index contributed by atoms with van der Waals surface area (Å²) in [4.78, 5) is 8.31. The number of nitrogens with zero attached hydrogens (tertiary/aromatic N) is 2. The second kappa shape index (κ2) is 6.86. The van der Waals surface area contributed by atoms with Gasteiger partial charge in [-0.15, -0.1) is 0 Å². The molecule has 0 unspecified atom stereocenters. The number of aromatic nitrogens is 2. The van der Waals surface area contributed by atoms with Crippen molar-refractivity contribution in [1.29, 1.82) is 0 Å². The van der Waals surface area contributed by atoms with Crippen molar-refractivity contribution < 1.29 is 9.47 Å². The Labute approximate surface area is 136 Å². The Balaban J connectivity index is 1.77. The van der Waals surface area contributed by atoms with Gasteiger partial charge in [-0.1, -0.05) is 12.5 Å². The molecule has 0 aliphatic heterocycles. The van der Waals surface area contributed by atoms with Crippen LogP contribution in [0.25, 0.3) is 0 Å². The highest BCUT2D eigenvalue weighted by Gasteiger charge is 2.19. The van der Waals surface area contributed by atoms with E-state index in [1.165, 1.54) is 31.2 Å². The smallest absolute Gasteiger partial charge is 0.249 e. The molecule has 5 nitrogen and oxygen atoms in total. The Morgan fingerprint density at radius 2 is 1.74 bits per heavy atom. The second-order valence-electron chi connectivity index (χ2n) is 6.12. The largest absolute Gasteiger partial charge is 0.473 e. The molecule has 1 saturated carbocycles. The van der Waals surface area contributed by atoms with Crippen LogP contribution in [-0.2, 0) is 0 Å². The maximum Gasteiger partial charge on any atom is 0.249 e. The highest BCUT2D eigenvalue weighted by molar-refractivity contribution is 5.57. The fourth-order valence-electron chi connectivity index (χ4n) is 2.77. The molecule has 0 radical (unpaired) electrons. The Bertz CT molecular complexity index is 682. The van der Waals surface area contributed by atoms with E-state index in [0.717, 1.165) is 18.4 Å². The van der Waals surface area contributed by atoms with Gasteiger partial charge in [-0.25, -0.2) is 0 Å². The van der Waals surface area contributed by atoms with E-state index >= 15 is 0 Å². The van der Waals surface area contributed by atoms with Crippen molar-refractivity contribution in [2.75, 3.05) is 5.73 Å². The van der Waals surface area contributed by atoms with Crippen LogP contribution >= 0.6 is 0 Å². The van der Waals surface area contributed by atoms with Crippen LogP contribution in [0.3, 0.4) is 0 Å². The van der Waals surface area contributed by atoms with Crippen LogP contribution in [0.15, 0.2) is 24.5 Å². The number of rotatable bonds is 4. The molecule has 2 N–H and O–H groups in total. The average Bonchev–Trinajstić information content (AvgIpc) is 2.56. The molecule has 3 rings (SSSR count). The fourth-order valence-corrected chi connectivity index (χ4v) is 2.77. The number of benzene rings is 1. The Morgan fingerprint density at radius 1 is 1.00 bits per heavy atom. The van der Waals surface area contributed by atoms with E-state index in [2.05, 4.69) is 16.9 Å². The number of hydrogen-bond donors (Lipinski definition) is 1. The van der Waals surface area contributed by atoms with Crippen LogP contribution in [-0.4, -0.2) is 16.1 Å². The first-order chi connectivity index (χ1) is 11.1. The zero-order valence-electron chi connectivity index (χ0n) is 13.7. The molecule has 1 aromatic heterocycles. The molecule has 0 saturated heterocycles. The summed E-state index contributed by atoms with van der Waals surface area (Å²) < 4.78 is 11.8. The van der Waals surface area contributed by atoms with Crippen LogP contribution in [0.2, 0.25) is 0 Å². The van der Waals surface area contributed by atoms with E-state index in [0.29, 0.717) is 23.2 Å². The molecule has 2 aromatic rings. The Hall–Kier alpha value is -2.30. The summed E-state index contributed by atoms with van der Waals surface area (Å²) in [5, 5.41) is 0. The summed E-state index contributed by atoms with van der Waals surface area (Å²) in [6, 6.07) is 5.89. The molecule has 1 aromatic carbocycles. The summed E-state index contributed by atoms with van der Waals surface area (Å²) in [6.07, 6.45) is 7.40. The molecule has 0 bridgehead atoms. The number of aryl methyl sites for hydroxylation is 2. The van der Waals surface area contributed by atoms with Gasteiger partial charge in [0.1, 0.15) is 18.2 Å². The molecule has 0 spiro atoms. The minimum Gasteiger partial charge on any atom is -0.473 e. The third kappa shape index (κ3) is 3.73. The van der Waals surface area contributed by atoms with E-state index < -0.39 is 0 Å². The van der Waals surface area contributed by atoms with Gasteiger partial charge in [0.2, 0.25) is 11.8 Å². The first-order valence-electron chi connectivity index (χ1n) is 8.15. The lowest BCUT2D eigenvalue weighted by Crippen LogP contribution is -2.21. The number of ether oxygens (including phenoxy) is 2. The predicted octanol–water partition coefficient (Wildman–Crippen LogP) is 4.18. The maximum absolute atomic E-state index is 6.14. The highest BCUT2D eigenvalue weighted by Crippen LogP contribution is 2.33. The van der Waals surface area contributed by atoms with Gasteiger partial charge in [0.25, 0.3) is 0 Å². The van der Waals surface area contributed by atoms with E-state index in [9.17, 15) is 0 Å². The third-order valence-electron chi connectivity index (χ3n) is 4.33. The van der Waals surface area contributed by atoms with Gasteiger partial charge in [-0.2, -0.15) is 9.97 Å². The minimum atomic E-state index is 0.190. The first-order valence-corrected chi connectivity index (χ1v) is 8.15. The first kappa shape index (κ1) is 15.6. The van der Waals surface area contributed by atoms with E-state index in [4.69, 9.17) is 15.2 Å². The summed E-state index contributed by atoms with van der Waals surface area (Å²) in [5.41, 5.74) is 8.88. The molecule has 1 heterocycles. The topological polar surface area (TPSA) is 70.3 Å². The fraction of sp³-hybridized carbons (Fsp3) is 0.444. The number of nitrogens with two attached hydrogens (primary N) is 1. The van der Waals surface area contributed by atoms with Crippen LogP contribution < -0.4 is 15.2 Å². The van der Waals surface area contributed by atoms with Crippen LogP contribution in [0, 0.1) is 13.8 Å². The van der Waals surface area contributed by atoms with Gasteiger partial charge in [-0.3, -0.25) is 0 Å². The molecular weight excluding hydrogens is 290 g/mol. The minimum absolute atomic E-state index is 0.190. The molecule has 23 heavy (non-hydrogen) atoms. The lowest BCUT2D eigenvalue weighted by atomic mass is 9.98. The van der Waals surface area contributed by atoms with Crippen molar-refractivity contribution >= 4 is 5.69 Å². The summed E-state index contributed by atoms with van der Waals surface area (Å²) in [5.74, 6) is 1.47. The average molecular weight is 313 g/mol. The normalized spacial score (nSPS) is 15.4. The standard InChI is InChI=1S/C18H23N3O2/c1-12-8-9-15(10-13(12)2)23-18-16(19)17(20-11-21-18)22-14-6-4-3-5-7-14/h8-11,14H,3-7,19H2,1-2H3. The van der Waals surface area contributed by atoms with Gasteiger partial charge in [0.05, 0.1) is 0 Å². The molecule has 5 heteroatoms. The van der Waals surface area contributed by atoms with Gasteiger partial charge < -0.3 is 15.2 Å². The molecule has 1 fully saturated rings. The highest BCUT2D eigenvalue weighted by atomic mass is 16.5. The quantitative estimate of drug-likeness (QED) is 0.917. The maximum atomic E-state index is 6.14. The van der Waals surface area contributed by atoms with E-state index in [-0.39, 0.29) is 6.10 Å². The lowest BCUT2D eigenvalue weighted by molar-refractivity contribution is 0.149. The molecule has 122 valence electrons. The summed E-state index contributed by atoms with van der Waals surface area (Å²) in [7, 11) is 0. The van der Waals surface area contributed by atoms with Gasteiger partial charge >= 0.3 is 0 Å². The van der Waals surface area contributed by atoms with Gasteiger partial charge in [0.15, 0.2) is 5.69 Å². The van der Waals surface area contributed by atoms with Crippen LogP contribution in [0.1, 0.15) is 43.2 Å². The molecule has 1 aliphatic carbocycles. The van der Waals surface area contributed by atoms with Crippen LogP contribution in [0.4, 0.5) is 5.69 Å². The zero-order valence-corrected chi connectivity index (χ0v) is 13.7. The lowest BCUT2D eigenvalue weighted by Gasteiger charge is -2.23. The van der Waals surface area contributed by atoms with Crippen molar-refractivity contribution in [3.63, 3.8) is 0 Å². The number of anilines is 1. The van der Waals surface area contributed by atoms with E-state index in [1.54, 1.807) is 0 Å².